The number of halogens is 1. The normalized spacial score (nSPS) is 10.5. The SMILES string of the molecule is O=C(Nc1cccc(Br)c1)Nc1ccc(-c2ccccc2)cc1-c1nn[nH]n1. The number of carbonyl (C=O) groups is 1. The molecule has 0 aliphatic rings. The molecule has 0 bridgehead atoms. The molecule has 0 fully saturated rings. The number of anilines is 2. The zero-order chi connectivity index (χ0) is 19.3. The van der Waals surface area contributed by atoms with Crippen molar-refractivity contribution in [2.24, 2.45) is 0 Å². The molecule has 28 heavy (non-hydrogen) atoms. The Bertz CT molecular complexity index is 1100. The van der Waals surface area contributed by atoms with Gasteiger partial charge in [0.2, 0.25) is 5.82 Å². The van der Waals surface area contributed by atoms with Crippen molar-refractivity contribution in [1.82, 2.24) is 20.6 Å². The van der Waals surface area contributed by atoms with E-state index in [1.165, 1.54) is 0 Å². The Hall–Kier alpha value is -3.52. The molecule has 2 amide bonds. The third-order valence-corrected chi connectivity index (χ3v) is 4.54. The molecular formula is C20H15BrN6O. The molecule has 0 spiro atoms. The second-order valence-electron chi connectivity index (χ2n) is 5.95. The molecule has 3 aromatic carbocycles. The number of benzene rings is 3. The minimum atomic E-state index is -0.365. The fraction of sp³-hybridized carbons (Fsp3) is 0. The Morgan fingerprint density at radius 1 is 0.893 bits per heavy atom. The van der Waals surface area contributed by atoms with Crippen LogP contribution in [0, 0.1) is 0 Å². The maximum atomic E-state index is 12.5. The van der Waals surface area contributed by atoms with Crippen LogP contribution in [-0.2, 0) is 0 Å². The van der Waals surface area contributed by atoms with Crippen LogP contribution in [0.5, 0.6) is 0 Å². The van der Waals surface area contributed by atoms with Gasteiger partial charge in [-0.2, -0.15) is 5.21 Å². The second kappa shape index (κ2) is 8.01. The first-order valence-corrected chi connectivity index (χ1v) is 9.25. The number of aromatic amines is 1. The van der Waals surface area contributed by atoms with Crippen molar-refractivity contribution in [2.75, 3.05) is 10.6 Å². The molecule has 138 valence electrons. The highest BCUT2D eigenvalue weighted by molar-refractivity contribution is 9.10. The number of aromatic nitrogens is 4. The Labute approximate surface area is 169 Å². The van der Waals surface area contributed by atoms with Crippen LogP contribution in [0.15, 0.2) is 77.3 Å². The lowest BCUT2D eigenvalue weighted by Crippen LogP contribution is -2.20. The summed E-state index contributed by atoms with van der Waals surface area (Å²) in [5.41, 5.74) is 3.96. The van der Waals surface area contributed by atoms with Gasteiger partial charge in [0.1, 0.15) is 0 Å². The number of nitrogens with zero attached hydrogens (tertiary/aromatic N) is 3. The van der Waals surface area contributed by atoms with Crippen LogP contribution in [-0.4, -0.2) is 26.7 Å². The quantitative estimate of drug-likeness (QED) is 0.423. The van der Waals surface area contributed by atoms with Crippen LogP contribution in [0.4, 0.5) is 16.2 Å². The van der Waals surface area contributed by atoms with Crippen molar-refractivity contribution in [3.8, 4) is 22.5 Å². The monoisotopic (exact) mass is 434 g/mol. The van der Waals surface area contributed by atoms with E-state index in [4.69, 9.17) is 0 Å². The molecule has 3 N–H and O–H groups in total. The second-order valence-corrected chi connectivity index (χ2v) is 6.87. The number of hydrogen-bond donors (Lipinski definition) is 3. The molecule has 0 atom stereocenters. The lowest BCUT2D eigenvalue weighted by atomic mass is 10.0. The van der Waals surface area contributed by atoms with E-state index in [-0.39, 0.29) is 6.03 Å². The molecule has 4 aromatic rings. The van der Waals surface area contributed by atoms with Crippen molar-refractivity contribution in [2.45, 2.75) is 0 Å². The average Bonchev–Trinajstić information content (AvgIpc) is 3.23. The fourth-order valence-corrected chi connectivity index (χ4v) is 3.17. The molecule has 0 aliphatic carbocycles. The summed E-state index contributed by atoms with van der Waals surface area (Å²) in [5.74, 6) is 0.399. The van der Waals surface area contributed by atoms with Crippen LogP contribution in [0.25, 0.3) is 22.5 Å². The highest BCUT2D eigenvalue weighted by atomic mass is 79.9. The van der Waals surface area contributed by atoms with E-state index < -0.39 is 0 Å². The van der Waals surface area contributed by atoms with E-state index in [0.29, 0.717) is 22.8 Å². The van der Waals surface area contributed by atoms with E-state index in [0.717, 1.165) is 15.6 Å². The zero-order valence-electron chi connectivity index (χ0n) is 14.6. The fourth-order valence-electron chi connectivity index (χ4n) is 2.78. The predicted octanol–water partition coefficient (Wildman–Crippen LogP) is 4.94. The number of carbonyl (C=O) groups excluding carboxylic acids is 1. The van der Waals surface area contributed by atoms with Crippen molar-refractivity contribution >= 4 is 33.3 Å². The highest BCUT2D eigenvalue weighted by Crippen LogP contribution is 2.31. The van der Waals surface area contributed by atoms with Crippen molar-refractivity contribution in [3.05, 3.63) is 77.3 Å². The van der Waals surface area contributed by atoms with Crippen LogP contribution < -0.4 is 10.6 Å². The lowest BCUT2D eigenvalue weighted by Gasteiger charge is -2.12. The van der Waals surface area contributed by atoms with Gasteiger partial charge in [-0.15, -0.1) is 10.2 Å². The van der Waals surface area contributed by atoms with Crippen LogP contribution >= 0.6 is 15.9 Å². The summed E-state index contributed by atoms with van der Waals surface area (Å²) >= 11 is 3.39. The average molecular weight is 435 g/mol. The Kier molecular flexibility index (Phi) is 5.11. The molecule has 8 heteroatoms. The zero-order valence-corrected chi connectivity index (χ0v) is 16.1. The van der Waals surface area contributed by atoms with Crippen molar-refractivity contribution in [3.63, 3.8) is 0 Å². The summed E-state index contributed by atoms with van der Waals surface area (Å²) in [4.78, 5) is 12.5. The molecule has 0 radical (unpaired) electrons. The molecule has 0 unspecified atom stereocenters. The van der Waals surface area contributed by atoms with Gasteiger partial charge < -0.3 is 10.6 Å². The van der Waals surface area contributed by atoms with Gasteiger partial charge in [-0.1, -0.05) is 58.4 Å². The van der Waals surface area contributed by atoms with Crippen molar-refractivity contribution < 1.29 is 4.79 Å². The van der Waals surface area contributed by atoms with Crippen LogP contribution in [0.1, 0.15) is 0 Å². The van der Waals surface area contributed by atoms with Gasteiger partial charge in [0.05, 0.1) is 5.69 Å². The summed E-state index contributed by atoms with van der Waals surface area (Å²) in [6.07, 6.45) is 0. The summed E-state index contributed by atoms with van der Waals surface area (Å²) in [7, 11) is 0. The highest BCUT2D eigenvalue weighted by Gasteiger charge is 2.14. The smallest absolute Gasteiger partial charge is 0.308 e. The maximum Gasteiger partial charge on any atom is 0.323 e. The van der Waals surface area contributed by atoms with Gasteiger partial charge >= 0.3 is 6.03 Å². The molecule has 1 heterocycles. The summed E-state index contributed by atoms with van der Waals surface area (Å²) in [5, 5.41) is 19.9. The first kappa shape index (κ1) is 17.9. The number of nitrogens with one attached hydrogen (secondary N) is 3. The van der Waals surface area contributed by atoms with Crippen LogP contribution in [0.2, 0.25) is 0 Å². The summed E-state index contributed by atoms with van der Waals surface area (Å²) in [6.45, 7) is 0. The topological polar surface area (TPSA) is 95.6 Å². The van der Waals surface area contributed by atoms with E-state index >= 15 is 0 Å². The number of amides is 2. The van der Waals surface area contributed by atoms with Gasteiger partial charge in [-0.3, -0.25) is 0 Å². The van der Waals surface area contributed by atoms with Crippen LogP contribution in [0.3, 0.4) is 0 Å². The maximum absolute atomic E-state index is 12.5. The van der Waals surface area contributed by atoms with Crippen molar-refractivity contribution in [1.29, 1.82) is 0 Å². The number of urea groups is 1. The van der Waals surface area contributed by atoms with Gasteiger partial charge in [0.25, 0.3) is 0 Å². The molecule has 0 saturated heterocycles. The number of H-pyrrole nitrogens is 1. The van der Waals surface area contributed by atoms with Gasteiger partial charge in [0.15, 0.2) is 0 Å². The number of rotatable bonds is 4. The third kappa shape index (κ3) is 4.07. The Morgan fingerprint density at radius 2 is 1.75 bits per heavy atom. The van der Waals surface area contributed by atoms with Gasteiger partial charge in [-0.05, 0) is 46.7 Å². The Balaban J connectivity index is 1.63. The standard InChI is InChI=1S/C20H15BrN6O/c21-15-7-4-8-16(12-15)22-20(28)23-18-10-9-14(13-5-2-1-3-6-13)11-17(18)19-24-26-27-25-19/h1-12H,(H2,22,23,28)(H,24,25,26,27). The molecule has 1 aromatic heterocycles. The molecule has 4 rings (SSSR count). The largest absolute Gasteiger partial charge is 0.323 e. The first-order chi connectivity index (χ1) is 13.7. The van der Waals surface area contributed by atoms with E-state index in [2.05, 4.69) is 47.2 Å². The molecule has 7 nitrogen and oxygen atoms in total. The third-order valence-electron chi connectivity index (χ3n) is 4.04. The first-order valence-electron chi connectivity index (χ1n) is 8.46. The predicted molar refractivity (Wildman–Crippen MR) is 112 cm³/mol. The Morgan fingerprint density at radius 3 is 2.50 bits per heavy atom. The van der Waals surface area contributed by atoms with E-state index in [1.54, 1.807) is 0 Å². The van der Waals surface area contributed by atoms with Gasteiger partial charge in [0, 0.05) is 15.7 Å². The number of tetrazole rings is 1. The molecular weight excluding hydrogens is 420 g/mol. The van der Waals surface area contributed by atoms with E-state index in [9.17, 15) is 4.79 Å². The number of hydrogen-bond acceptors (Lipinski definition) is 4. The minimum Gasteiger partial charge on any atom is -0.308 e. The molecule has 0 saturated carbocycles. The minimum absolute atomic E-state index is 0.365. The summed E-state index contributed by atoms with van der Waals surface area (Å²) < 4.78 is 0.880. The lowest BCUT2D eigenvalue weighted by molar-refractivity contribution is 0.262. The van der Waals surface area contributed by atoms with Gasteiger partial charge in [-0.25, -0.2) is 4.79 Å². The summed E-state index contributed by atoms with van der Waals surface area (Å²) in [6, 6.07) is 22.6. The van der Waals surface area contributed by atoms with E-state index in [1.807, 2.05) is 72.8 Å². The molecule has 0 aliphatic heterocycles.